The maximum absolute atomic E-state index is 13.0. The number of halogens is 1. The number of fused-ring (bicyclic) bond motifs is 3. The number of amides is 1. The molecule has 0 radical (unpaired) electrons. The molecule has 1 N–H and O–H groups in total. The van der Waals surface area contributed by atoms with E-state index in [0.29, 0.717) is 28.8 Å². The highest BCUT2D eigenvalue weighted by atomic mass is 79.9. The minimum Gasteiger partial charge on any atom is -0.325 e. The number of carbonyl (C=O) groups excluding carboxylic acids is 1. The molecule has 1 aromatic heterocycles. The van der Waals surface area contributed by atoms with Crippen molar-refractivity contribution in [3.05, 3.63) is 59.2 Å². The zero-order valence-electron chi connectivity index (χ0n) is 15.9. The minimum absolute atomic E-state index is 0.0757. The molecule has 1 amide bonds. The monoisotopic (exact) mass is 504 g/mol. The van der Waals surface area contributed by atoms with Crippen LogP contribution in [0, 0.1) is 0 Å². The predicted octanol–water partition coefficient (Wildman–Crippen LogP) is 4.17. The number of carbonyl (C=O) groups is 1. The molecule has 0 bridgehead atoms. The Labute approximate surface area is 187 Å². The Morgan fingerprint density at radius 1 is 1.17 bits per heavy atom. The number of para-hydroxylation sites is 1. The lowest BCUT2D eigenvalue weighted by atomic mass is 10.1. The molecule has 4 rings (SSSR count). The number of benzene rings is 2. The minimum atomic E-state index is -3.72. The number of rotatable bonds is 5. The Balaban J connectivity index is 1.57. The summed E-state index contributed by atoms with van der Waals surface area (Å²) in [6.07, 6.45) is 1.32. The molecular formula is C20H17BrN4O3S2. The van der Waals surface area contributed by atoms with E-state index in [2.05, 4.69) is 31.2 Å². The molecule has 0 unspecified atom stereocenters. The van der Waals surface area contributed by atoms with Crippen LogP contribution >= 0.6 is 27.7 Å². The molecule has 0 spiro atoms. The average molecular weight is 505 g/mol. The number of nitrogens with one attached hydrogen (secondary N) is 1. The van der Waals surface area contributed by atoms with Gasteiger partial charge in [0.15, 0.2) is 5.16 Å². The first-order chi connectivity index (χ1) is 14.4. The first-order valence-electron chi connectivity index (χ1n) is 9.07. The second kappa shape index (κ2) is 8.37. The van der Waals surface area contributed by atoms with Crippen LogP contribution in [-0.4, -0.2) is 36.6 Å². The third-order valence-corrected chi connectivity index (χ3v) is 7.76. The molecule has 1 aliphatic heterocycles. The van der Waals surface area contributed by atoms with E-state index in [4.69, 9.17) is 0 Å². The molecule has 0 fully saturated rings. The van der Waals surface area contributed by atoms with Gasteiger partial charge >= 0.3 is 0 Å². The summed E-state index contributed by atoms with van der Waals surface area (Å²) in [4.78, 5) is 21.0. The van der Waals surface area contributed by atoms with Gasteiger partial charge in [0, 0.05) is 22.3 Å². The largest absolute Gasteiger partial charge is 0.325 e. The van der Waals surface area contributed by atoms with Gasteiger partial charge in [0.05, 0.1) is 23.3 Å². The summed E-state index contributed by atoms with van der Waals surface area (Å²) < 4.78 is 28.2. The Morgan fingerprint density at radius 3 is 2.63 bits per heavy atom. The summed E-state index contributed by atoms with van der Waals surface area (Å²) in [6.45, 7) is 2.10. The first-order valence-corrected chi connectivity index (χ1v) is 12.3. The van der Waals surface area contributed by atoms with E-state index in [9.17, 15) is 13.2 Å². The van der Waals surface area contributed by atoms with Crippen LogP contribution in [0.5, 0.6) is 0 Å². The molecule has 10 heteroatoms. The lowest BCUT2D eigenvalue weighted by Gasteiger charge is -2.30. The van der Waals surface area contributed by atoms with Crippen molar-refractivity contribution >= 4 is 55.0 Å². The highest BCUT2D eigenvalue weighted by Crippen LogP contribution is 2.41. The van der Waals surface area contributed by atoms with Crippen molar-refractivity contribution in [2.24, 2.45) is 0 Å². The van der Waals surface area contributed by atoms with Crippen molar-refractivity contribution in [2.45, 2.75) is 17.0 Å². The highest BCUT2D eigenvalue weighted by molar-refractivity contribution is 9.10. The number of thioether (sulfide) groups is 1. The van der Waals surface area contributed by atoms with E-state index in [1.807, 2.05) is 24.3 Å². The molecule has 0 saturated heterocycles. The predicted molar refractivity (Wildman–Crippen MR) is 121 cm³/mol. The summed E-state index contributed by atoms with van der Waals surface area (Å²) in [6, 6.07) is 14.5. The Bertz CT molecular complexity index is 1220. The lowest BCUT2D eigenvalue weighted by Crippen LogP contribution is -2.34. The molecule has 2 heterocycles. The van der Waals surface area contributed by atoms with Gasteiger partial charge in [-0.05, 0) is 37.3 Å². The molecule has 2 aromatic carbocycles. The average Bonchev–Trinajstić information content (AvgIpc) is 2.74. The van der Waals surface area contributed by atoms with E-state index >= 15 is 0 Å². The van der Waals surface area contributed by atoms with Crippen LogP contribution in [0.25, 0.3) is 11.3 Å². The van der Waals surface area contributed by atoms with Gasteiger partial charge in [-0.1, -0.05) is 45.9 Å². The number of anilines is 2. The normalized spacial score (nSPS) is 14.0. The number of sulfonamides is 1. The van der Waals surface area contributed by atoms with Crippen molar-refractivity contribution in [1.82, 2.24) is 9.97 Å². The molecule has 0 aliphatic carbocycles. The molecule has 154 valence electrons. The second-order valence-electron chi connectivity index (χ2n) is 6.40. The van der Waals surface area contributed by atoms with Gasteiger partial charge in [0.1, 0.15) is 4.90 Å². The van der Waals surface area contributed by atoms with E-state index in [-0.39, 0.29) is 16.6 Å². The van der Waals surface area contributed by atoms with E-state index in [0.717, 1.165) is 21.8 Å². The summed E-state index contributed by atoms with van der Waals surface area (Å²) in [5.74, 6) is -0.0986. The quantitative estimate of drug-likeness (QED) is 0.414. The number of hydrogen-bond acceptors (Lipinski definition) is 6. The van der Waals surface area contributed by atoms with Crippen molar-refractivity contribution in [1.29, 1.82) is 0 Å². The Kier molecular flexibility index (Phi) is 5.81. The third-order valence-electron chi connectivity index (χ3n) is 4.48. The summed E-state index contributed by atoms with van der Waals surface area (Å²) in [7, 11) is -3.72. The molecular weight excluding hydrogens is 488 g/mol. The van der Waals surface area contributed by atoms with Gasteiger partial charge in [0.25, 0.3) is 10.0 Å². The molecule has 1 aliphatic rings. The van der Waals surface area contributed by atoms with E-state index in [1.165, 1.54) is 10.5 Å². The number of nitrogens with zero attached hydrogens (tertiary/aromatic N) is 3. The van der Waals surface area contributed by atoms with Gasteiger partial charge in [-0.2, -0.15) is 0 Å². The molecule has 7 nitrogen and oxygen atoms in total. The molecule has 3 aromatic rings. The fraction of sp³-hybridized carbons (Fsp3) is 0.150. The standard InChI is InChI=1S/C20H17BrN4O3S2/c1-2-25-16-6-4-3-5-15(16)19-17(30(25,27)28)11-22-20(24-19)29-12-18(26)23-14-9-7-13(21)8-10-14/h3-11H,2,12H2,1H3,(H,23,26). The van der Waals surface area contributed by atoms with E-state index < -0.39 is 10.0 Å². The topological polar surface area (TPSA) is 92.3 Å². The molecule has 0 atom stereocenters. The van der Waals surface area contributed by atoms with E-state index in [1.54, 1.807) is 31.2 Å². The zero-order chi connectivity index (χ0) is 21.3. The molecule has 30 heavy (non-hydrogen) atoms. The smallest absolute Gasteiger partial charge is 0.268 e. The highest BCUT2D eigenvalue weighted by Gasteiger charge is 2.35. The van der Waals surface area contributed by atoms with Gasteiger partial charge in [0.2, 0.25) is 5.91 Å². The van der Waals surface area contributed by atoms with Crippen molar-refractivity contribution in [2.75, 3.05) is 21.9 Å². The SMILES string of the molecule is CCN1c2ccccc2-c2nc(SCC(=O)Nc3ccc(Br)cc3)ncc2S1(=O)=O. The van der Waals surface area contributed by atoms with Crippen LogP contribution in [0.2, 0.25) is 0 Å². The number of aromatic nitrogens is 2. The van der Waals surface area contributed by atoms with Crippen LogP contribution in [-0.2, 0) is 14.8 Å². The lowest BCUT2D eigenvalue weighted by molar-refractivity contribution is -0.113. The summed E-state index contributed by atoms with van der Waals surface area (Å²) >= 11 is 4.50. The van der Waals surface area contributed by atoms with Crippen molar-refractivity contribution in [3.63, 3.8) is 0 Å². The third kappa shape index (κ3) is 3.94. The fourth-order valence-electron chi connectivity index (χ4n) is 3.15. The fourth-order valence-corrected chi connectivity index (χ4v) is 5.61. The maximum Gasteiger partial charge on any atom is 0.268 e. The van der Waals surface area contributed by atoms with Crippen LogP contribution in [0.15, 0.2) is 69.3 Å². The Hall–Kier alpha value is -2.43. The van der Waals surface area contributed by atoms with Crippen molar-refractivity contribution in [3.8, 4) is 11.3 Å². The van der Waals surface area contributed by atoms with Crippen LogP contribution in [0.1, 0.15) is 6.92 Å². The van der Waals surface area contributed by atoms with Gasteiger partial charge in [-0.3, -0.25) is 9.10 Å². The van der Waals surface area contributed by atoms with Crippen LogP contribution in [0.3, 0.4) is 0 Å². The summed E-state index contributed by atoms with van der Waals surface area (Å²) in [5.41, 5.74) is 2.37. The second-order valence-corrected chi connectivity index (χ2v) is 10.1. The summed E-state index contributed by atoms with van der Waals surface area (Å²) in [5, 5.41) is 3.15. The number of hydrogen-bond donors (Lipinski definition) is 1. The first kappa shape index (κ1) is 20.8. The van der Waals surface area contributed by atoms with Gasteiger partial charge in [-0.25, -0.2) is 18.4 Å². The Morgan fingerprint density at radius 2 is 1.90 bits per heavy atom. The van der Waals surface area contributed by atoms with Crippen LogP contribution in [0.4, 0.5) is 11.4 Å². The van der Waals surface area contributed by atoms with Gasteiger partial charge < -0.3 is 5.32 Å². The zero-order valence-corrected chi connectivity index (χ0v) is 19.1. The maximum atomic E-state index is 13.0. The van der Waals surface area contributed by atoms with Crippen molar-refractivity contribution < 1.29 is 13.2 Å². The van der Waals surface area contributed by atoms with Gasteiger partial charge in [-0.15, -0.1) is 0 Å². The molecule has 0 saturated carbocycles. The van der Waals surface area contributed by atoms with Crippen LogP contribution < -0.4 is 9.62 Å².